The summed E-state index contributed by atoms with van der Waals surface area (Å²) < 4.78 is 5.12. The van der Waals surface area contributed by atoms with E-state index < -0.39 is 0 Å². The summed E-state index contributed by atoms with van der Waals surface area (Å²) >= 11 is 0. The zero-order valence-corrected chi connectivity index (χ0v) is 13.1. The number of likely N-dealkylation sites (N-methyl/N-ethyl adjacent to an activating group) is 1. The van der Waals surface area contributed by atoms with E-state index in [0.29, 0.717) is 12.0 Å². The van der Waals surface area contributed by atoms with E-state index in [1.807, 2.05) is 13.0 Å². The van der Waals surface area contributed by atoms with Crippen LogP contribution in [0.15, 0.2) is 22.7 Å². The van der Waals surface area contributed by atoms with Gasteiger partial charge in [-0.25, -0.2) is 0 Å². The molecule has 2 aromatic rings. The number of nitrogens with zero attached hydrogens (tertiary/aromatic N) is 5. The molecule has 1 aliphatic carbocycles. The van der Waals surface area contributed by atoms with Crippen LogP contribution in [0.2, 0.25) is 0 Å². The van der Waals surface area contributed by atoms with Crippen molar-refractivity contribution >= 4 is 5.82 Å². The Balaban J connectivity index is 1.31. The lowest BCUT2D eigenvalue weighted by molar-refractivity contribution is 0.191. The zero-order chi connectivity index (χ0) is 15.1. The number of hydrogen-bond donors (Lipinski definition) is 0. The molecule has 0 bridgehead atoms. The number of hydrogen-bond acceptors (Lipinski definition) is 6. The van der Waals surface area contributed by atoms with Crippen LogP contribution in [0.25, 0.3) is 0 Å². The first-order chi connectivity index (χ1) is 10.7. The van der Waals surface area contributed by atoms with Gasteiger partial charge in [-0.2, -0.15) is 5.10 Å². The van der Waals surface area contributed by atoms with E-state index in [1.165, 1.54) is 12.8 Å². The van der Waals surface area contributed by atoms with Gasteiger partial charge >= 0.3 is 0 Å². The second-order valence-electron chi connectivity index (χ2n) is 6.49. The van der Waals surface area contributed by atoms with Gasteiger partial charge in [-0.3, -0.25) is 4.90 Å². The van der Waals surface area contributed by atoms with Crippen LogP contribution in [-0.2, 0) is 6.54 Å². The summed E-state index contributed by atoms with van der Waals surface area (Å²) in [6, 6.07) is 6.77. The third kappa shape index (κ3) is 2.70. The summed E-state index contributed by atoms with van der Waals surface area (Å²) in [6.07, 6.45) is 2.54. The molecule has 0 amide bonds. The average molecular weight is 299 g/mol. The Morgan fingerprint density at radius 1 is 1.27 bits per heavy atom. The fourth-order valence-corrected chi connectivity index (χ4v) is 2.90. The number of aryl methyl sites for hydroxylation is 1. The van der Waals surface area contributed by atoms with Gasteiger partial charge in [0.15, 0.2) is 5.82 Å². The average Bonchev–Trinajstić information content (AvgIpc) is 3.22. The van der Waals surface area contributed by atoms with E-state index in [2.05, 4.69) is 44.3 Å². The Bertz CT molecular complexity index is 643. The lowest BCUT2D eigenvalue weighted by Crippen LogP contribution is -2.58. The van der Waals surface area contributed by atoms with Crippen LogP contribution in [0.3, 0.4) is 0 Å². The Morgan fingerprint density at radius 2 is 2.09 bits per heavy atom. The van der Waals surface area contributed by atoms with Gasteiger partial charge in [0.25, 0.3) is 0 Å². The molecule has 1 saturated carbocycles. The van der Waals surface area contributed by atoms with Crippen molar-refractivity contribution < 1.29 is 4.52 Å². The molecule has 4 rings (SSSR count). The van der Waals surface area contributed by atoms with E-state index in [0.717, 1.165) is 42.6 Å². The molecule has 116 valence electrons. The molecule has 2 aromatic heterocycles. The Labute approximate surface area is 130 Å². The molecule has 3 heterocycles. The first-order valence-corrected chi connectivity index (χ1v) is 7.90. The van der Waals surface area contributed by atoms with Gasteiger partial charge in [0, 0.05) is 37.7 Å². The van der Waals surface area contributed by atoms with Gasteiger partial charge in [-0.05, 0) is 38.9 Å². The Morgan fingerprint density at radius 3 is 2.68 bits per heavy atom. The molecule has 6 nitrogen and oxygen atoms in total. The van der Waals surface area contributed by atoms with Crippen LogP contribution in [0, 0.1) is 6.92 Å². The molecular formula is C16H21N5O. The van der Waals surface area contributed by atoms with E-state index in [9.17, 15) is 0 Å². The maximum Gasteiger partial charge on any atom is 0.151 e. The van der Waals surface area contributed by atoms with Crippen molar-refractivity contribution in [3.63, 3.8) is 0 Å². The molecule has 0 aromatic carbocycles. The van der Waals surface area contributed by atoms with Crippen LogP contribution < -0.4 is 4.90 Å². The molecule has 6 heteroatoms. The third-order valence-electron chi connectivity index (χ3n) is 4.56. The van der Waals surface area contributed by atoms with Crippen LogP contribution in [0.1, 0.15) is 35.9 Å². The molecule has 1 aliphatic heterocycles. The summed E-state index contributed by atoms with van der Waals surface area (Å²) in [4.78, 5) is 4.60. The van der Waals surface area contributed by atoms with Crippen molar-refractivity contribution in [3.05, 3.63) is 35.3 Å². The summed E-state index contributed by atoms with van der Waals surface area (Å²) in [7, 11) is 2.13. The number of rotatable bonds is 5. The van der Waals surface area contributed by atoms with Crippen LogP contribution >= 0.6 is 0 Å². The van der Waals surface area contributed by atoms with Gasteiger partial charge in [0.05, 0.1) is 11.4 Å². The monoisotopic (exact) mass is 299 g/mol. The highest BCUT2D eigenvalue weighted by Gasteiger charge is 2.32. The maximum absolute atomic E-state index is 5.12. The fraction of sp³-hybridized carbons (Fsp3) is 0.562. The van der Waals surface area contributed by atoms with Gasteiger partial charge in [0.1, 0.15) is 5.76 Å². The number of aromatic nitrogens is 3. The summed E-state index contributed by atoms with van der Waals surface area (Å²) in [6.45, 7) is 4.73. The third-order valence-corrected chi connectivity index (χ3v) is 4.56. The lowest BCUT2D eigenvalue weighted by atomic mass is 10.1. The quantitative estimate of drug-likeness (QED) is 0.841. The van der Waals surface area contributed by atoms with Crippen LogP contribution in [-0.4, -0.2) is 46.4 Å². The summed E-state index contributed by atoms with van der Waals surface area (Å²) in [5.74, 6) is 2.53. The van der Waals surface area contributed by atoms with E-state index >= 15 is 0 Å². The highest BCUT2D eigenvalue weighted by molar-refractivity contribution is 5.42. The SMILES string of the molecule is Cc1cc(CN(C)C2CN(c3ccc(C4CC4)nn3)C2)no1. The molecule has 0 spiro atoms. The first kappa shape index (κ1) is 13.7. The van der Waals surface area contributed by atoms with Gasteiger partial charge in [0.2, 0.25) is 0 Å². The standard InChI is InChI=1S/C16H21N5O/c1-11-7-13(19-22-11)8-20(2)14-9-21(10-14)16-6-5-15(17-18-16)12-3-4-12/h5-7,12,14H,3-4,8-10H2,1-2H3. The van der Waals surface area contributed by atoms with Gasteiger partial charge < -0.3 is 9.42 Å². The maximum atomic E-state index is 5.12. The van der Waals surface area contributed by atoms with Crippen LogP contribution in [0.4, 0.5) is 5.82 Å². The van der Waals surface area contributed by atoms with Gasteiger partial charge in [-0.15, -0.1) is 5.10 Å². The fourth-order valence-electron chi connectivity index (χ4n) is 2.90. The minimum absolute atomic E-state index is 0.530. The predicted molar refractivity (Wildman–Crippen MR) is 82.7 cm³/mol. The molecule has 0 N–H and O–H groups in total. The molecule has 0 atom stereocenters. The molecule has 2 fully saturated rings. The Hall–Kier alpha value is -1.95. The van der Waals surface area contributed by atoms with Crippen LogP contribution in [0.5, 0.6) is 0 Å². The van der Waals surface area contributed by atoms with E-state index in [-0.39, 0.29) is 0 Å². The smallest absolute Gasteiger partial charge is 0.151 e. The molecule has 2 aliphatic rings. The van der Waals surface area contributed by atoms with Crippen molar-refractivity contribution in [2.24, 2.45) is 0 Å². The van der Waals surface area contributed by atoms with Crippen molar-refractivity contribution in [2.45, 2.75) is 38.3 Å². The van der Waals surface area contributed by atoms with Crippen molar-refractivity contribution in [1.29, 1.82) is 0 Å². The van der Waals surface area contributed by atoms with E-state index in [1.54, 1.807) is 0 Å². The topological polar surface area (TPSA) is 58.3 Å². The second-order valence-corrected chi connectivity index (χ2v) is 6.49. The highest BCUT2D eigenvalue weighted by Crippen LogP contribution is 2.38. The molecule has 22 heavy (non-hydrogen) atoms. The van der Waals surface area contributed by atoms with Gasteiger partial charge in [-0.1, -0.05) is 5.16 Å². The molecule has 0 unspecified atom stereocenters. The van der Waals surface area contributed by atoms with Crippen molar-refractivity contribution in [2.75, 3.05) is 25.0 Å². The summed E-state index contributed by atoms with van der Waals surface area (Å²) in [5.41, 5.74) is 2.14. The minimum Gasteiger partial charge on any atom is -0.361 e. The highest BCUT2D eigenvalue weighted by atomic mass is 16.5. The van der Waals surface area contributed by atoms with Crippen molar-refractivity contribution in [1.82, 2.24) is 20.3 Å². The largest absolute Gasteiger partial charge is 0.361 e. The lowest BCUT2D eigenvalue weighted by Gasteiger charge is -2.44. The first-order valence-electron chi connectivity index (χ1n) is 7.90. The number of anilines is 1. The second kappa shape index (κ2) is 5.35. The Kier molecular flexibility index (Phi) is 3.33. The zero-order valence-electron chi connectivity index (χ0n) is 13.1. The predicted octanol–water partition coefficient (Wildman–Crippen LogP) is 1.97. The van der Waals surface area contributed by atoms with E-state index in [4.69, 9.17) is 4.52 Å². The molecular weight excluding hydrogens is 278 g/mol. The minimum atomic E-state index is 0.530. The summed E-state index contributed by atoms with van der Waals surface area (Å²) in [5, 5.41) is 12.8. The molecule has 1 saturated heterocycles. The normalized spacial score (nSPS) is 18.8. The van der Waals surface area contributed by atoms with Crippen molar-refractivity contribution in [3.8, 4) is 0 Å². The molecule has 0 radical (unpaired) electrons.